The zero-order chi connectivity index (χ0) is 11.3. The molecule has 0 radical (unpaired) electrons. The van der Waals surface area contributed by atoms with Gasteiger partial charge in [-0.2, -0.15) is 0 Å². The van der Waals surface area contributed by atoms with Crippen LogP contribution in [-0.4, -0.2) is 16.4 Å². The van der Waals surface area contributed by atoms with Crippen molar-refractivity contribution < 1.29 is 10.2 Å². The van der Waals surface area contributed by atoms with Gasteiger partial charge in [-0.25, -0.2) is 0 Å². The number of hydrogen-bond acceptors (Lipinski definition) is 4. The maximum absolute atomic E-state index is 10.1. The summed E-state index contributed by atoms with van der Waals surface area (Å²) in [6, 6.07) is 0. The lowest BCUT2D eigenvalue weighted by molar-refractivity contribution is 0.443. The van der Waals surface area contributed by atoms with E-state index in [1.54, 1.807) is 18.5 Å². The number of phenols is 2. The molecular formula is C12H10N2O2. The summed E-state index contributed by atoms with van der Waals surface area (Å²) in [6.07, 6.45) is 6.77. The molecule has 0 fully saturated rings. The first-order valence-corrected chi connectivity index (χ1v) is 5.07. The number of aromatic hydroxyl groups is 2. The number of allylic oxidation sites excluding steroid dienone is 1. The molecule has 2 heterocycles. The van der Waals surface area contributed by atoms with Crippen molar-refractivity contribution in [3.8, 4) is 11.5 Å². The van der Waals surface area contributed by atoms with Gasteiger partial charge >= 0.3 is 0 Å². The summed E-state index contributed by atoms with van der Waals surface area (Å²) < 4.78 is 0. The number of aliphatic imine (C=N–C) groups is 1. The maximum atomic E-state index is 10.1. The van der Waals surface area contributed by atoms with Gasteiger partial charge in [0.25, 0.3) is 0 Å². The largest absolute Gasteiger partial charge is 0.507 e. The van der Waals surface area contributed by atoms with E-state index in [0.717, 1.165) is 0 Å². The Morgan fingerprint density at radius 2 is 2.06 bits per heavy atom. The second-order valence-electron chi connectivity index (χ2n) is 3.93. The third-order valence-corrected chi connectivity index (χ3v) is 2.95. The Balaban J connectivity index is 2.54. The van der Waals surface area contributed by atoms with Gasteiger partial charge < -0.3 is 10.2 Å². The summed E-state index contributed by atoms with van der Waals surface area (Å²) >= 11 is 0. The number of hydrogen-bond donors (Lipinski definition) is 2. The molecule has 80 valence electrons. The van der Waals surface area contributed by atoms with Crippen LogP contribution >= 0.6 is 0 Å². The smallest absolute Gasteiger partial charge is 0.168 e. The Hall–Kier alpha value is -2.10. The lowest BCUT2D eigenvalue weighted by Crippen LogP contribution is -2.20. The average Bonchev–Trinajstić information content (AvgIpc) is 2.75. The summed E-state index contributed by atoms with van der Waals surface area (Å²) in [5, 5.41) is 21.2. The van der Waals surface area contributed by atoms with Crippen LogP contribution in [0.5, 0.6) is 11.5 Å². The minimum Gasteiger partial charge on any atom is -0.507 e. The highest BCUT2D eigenvalue weighted by Crippen LogP contribution is 2.31. The molecule has 2 N–H and O–H groups in total. The summed E-state index contributed by atoms with van der Waals surface area (Å²) in [5.41, 5.74) is 1.07. The molecule has 2 aliphatic heterocycles. The molecule has 1 aromatic carbocycles. The van der Waals surface area contributed by atoms with Crippen LogP contribution in [0.2, 0.25) is 0 Å². The van der Waals surface area contributed by atoms with Crippen LogP contribution < -0.4 is 10.6 Å². The zero-order valence-electron chi connectivity index (χ0n) is 8.68. The Morgan fingerprint density at radius 1 is 1.25 bits per heavy atom. The molecule has 1 atom stereocenters. The quantitative estimate of drug-likeness (QED) is 0.629. The van der Waals surface area contributed by atoms with Crippen LogP contribution in [0.3, 0.4) is 0 Å². The monoisotopic (exact) mass is 214 g/mol. The fraction of sp³-hybridized carbons (Fsp3) is 0.167. The van der Waals surface area contributed by atoms with Crippen LogP contribution in [0.1, 0.15) is 18.4 Å². The third kappa shape index (κ3) is 0.984. The van der Waals surface area contributed by atoms with Crippen molar-refractivity contribution in [3.05, 3.63) is 28.4 Å². The molecule has 3 rings (SSSR count). The molecule has 0 saturated heterocycles. The number of fused-ring (bicyclic) bond motifs is 2. The molecule has 1 unspecified atom stereocenters. The summed E-state index contributed by atoms with van der Waals surface area (Å²) in [5.74, 6) is 0.252. The molecule has 16 heavy (non-hydrogen) atoms. The standard InChI is InChI=1S/C12H10N2O2/c1-6-2-4-14-10-8(6)11(15)7-3-5-13-9(7)12(10)16/h2-6,15-16H,1H3. The van der Waals surface area contributed by atoms with Crippen molar-refractivity contribution in [1.82, 2.24) is 0 Å². The van der Waals surface area contributed by atoms with E-state index < -0.39 is 0 Å². The molecule has 2 aliphatic rings. The first-order valence-electron chi connectivity index (χ1n) is 5.07. The van der Waals surface area contributed by atoms with Crippen molar-refractivity contribution in [2.24, 2.45) is 9.98 Å². The van der Waals surface area contributed by atoms with Gasteiger partial charge in [0, 0.05) is 29.1 Å². The summed E-state index contributed by atoms with van der Waals surface area (Å²) in [7, 11) is 0. The van der Waals surface area contributed by atoms with Gasteiger partial charge in [-0.3, -0.25) is 9.98 Å². The molecule has 0 saturated carbocycles. The van der Waals surface area contributed by atoms with Gasteiger partial charge in [0.15, 0.2) is 5.75 Å². The van der Waals surface area contributed by atoms with E-state index in [2.05, 4.69) is 9.98 Å². The van der Waals surface area contributed by atoms with E-state index in [1.807, 2.05) is 13.0 Å². The zero-order valence-corrected chi connectivity index (χ0v) is 8.68. The molecule has 1 aromatic rings. The molecule has 0 spiro atoms. The summed E-state index contributed by atoms with van der Waals surface area (Å²) in [4.78, 5) is 8.12. The lowest BCUT2D eigenvalue weighted by Gasteiger charge is -2.15. The van der Waals surface area contributed by atoms with E-state index in [4.69, 9.17) is 0 Å². The molecule has 0 aliphatic carbocycles. The Labute approximate surface area is 91.6 Å². The van der Waals surface area contributed by atoms with Crippen molar-refractivity contribution in [2.75, 3.05) is 0 Å². The van der Waals surface area contributed by atoms with Crippen LogP contribution in [0, 0.1) is 0 Å². The average molecular weight is 214 g/mol. The predicted octanol–water partition coefficient (Wildman–Crippen LogP) is 0.845. The summed E-state index contributed by atoms with van der Waals surface area (Å²) in [6.45, 7) is 1.95. The van der Waals surface area contributed by atoms with E-state index in [9.17, 15) is 10.2 Å². The minimum absolute atomic E-state index is 0.0395. The highest BCUT2D eigenvalue weighted by molar-refractivity contribution is 5.98. The SMILES string of the molecule is CC1C=CN=c2c(O)c3c(c(O)c21)=CC=N3. The van der Waals surface area contributed by atoms with Crippen LogP contribution in [0.15, 0.2) is 22.3 Å². The fourth-order valence-electron chi connectivity index (χ4n) is 2.12. The number of nitrogens with zero attached hydrogens (tertiary/aromatic N) is 2. The highest BCUT2D eigenvalue weighted by atomic mass is 16.3. The second-order valence-corrected chi connectivity index (χ2v) is 3.93. The van der Waals surface area contributed by atoms with Gasteiger partial charge in [0.05, 0.1) is 0 Å². The van der Waals surface area contributed by atoms with Crippen molar-refractivity contribution >= 4 is 18.0 Å². The fourth-order valence-corrected chi connectivity index (χ4v) is 2.12. The highest BCUT2D eigenvalue weighted by Gasteiger charge is 2.22. The van der Waals surface area contributed by atoms with E-state index >= 15 is 0 Å². The molecule has 0 aromatic heterocycles. The Kier molecular flexibility index (Phi) is 1.68. The van der Waals surface area contributed by atoms with Crippen molar-refractivity contribution in [2.45, 2.75) is 12.8 Å². The van der Waals surface area contributed by atoms with Gasteiger partial charge in [-0.15, -0.1) is 0 Å². The first kappa shape index (κ1) is 9.15. The van der Waals surface area contributed by atoms with Crippen LogP contribution in [0.4, 0.5) is 5.69 Å². The first-order chi connectivity index (χ1) is 7.70. The molecular weight excluding hydrogens is 204 g/mol. The predicted molar refractivity (Wildman–Crippen MR) is 60.7 cm³/mol. The number of rotatable bonds is 0. The van der Waals surface area contributed by atoms with E-state index in [-0.39, 0.29) is 17.4 Å². The second kappa shape index (κ2) is 2.95. The molecule has 0 amide bonds. The molecule has 0 bridgehead atoms. The lowest BCUT2D eigenvalue weighted by atomic mass is 9.95. The minimum atomic E-state index is 0.0395. The maximum Gasteiger partial charge on any atom is 0.168 e. The number of phenolic OH excluding ortho intramolecular Hbond substituents is 2. The van der Waals surface area contributed by atoms with Gasteiger partial charge in [-0.1, -0.05) is 13.0 Å². The molecule has 4 nitrogen and oxygen atoms in total. The van der Waals surface area contributed by atoms with Crippen molar-refractivity contribution in [3.63, 3.8) is 0 Å². The van der Waals surface area contributed by atoms with Gasteiger partial charge in [0.2, 0.25) is 0 Å². The molecule has 4 heteroatoms. The topological polar surface area (TPSA) is 65.2 Å². The van der Waals surface area contributed by atoms with E-state index in [0.29, 0.717) is 21.8 Å². The Morgan fingerprint density at radius 3 is 2.88 bits per heavy atom. The van der Waals surface area contributed by atoms with Gasteiger partial charge in [0.1, 0.15) is 16.8 Å². The van der Waals surface area contributed by atoms with E-state index in [1.165, 1.54) is 0 Å². The number of benzene rings is 1. The van der Waals surface area contributed by atoms with Crippen LogP contribution in [0.25, 0.3) is 6.08 Å². The van der Waals surface area contributed by atoms with Gasteiger partial charge in [-0.05, 0) is 6.08 Å². The normalized spacial score (nSPS) is 19.9. The third-order valence-electron chi connectivity index (χ3n) is 2.95. The van der Waals surface area contributed by atoms with Crippen LogP contribution in [-0.2, 0) is 0 Å². The van der Waals surface area contributed by atoms with Crippen molar-refractivity contribution in [1.29, 1.82) is 0 Å². The Bertz CT molecular complexity index is 657.